The molecule has 0 unspecified atom stereocenters. The summed E-state index contributed by atoms with van der Waals surface area (Å²) in [6.45, 7) is 8.60. The molecule has 2 atom stereocenters. The molecule has 8 heteroatoms. The van der Waals surface area contributed by atoms with Gasteiger partial charge in [-0.05, 0) is 88.6 Å². The minimum absolute atomic E-state index is 0.252. The maximum Gasteiger partial charge on any atom is 0.410 e. The van der Waals surface area contributed by atoms with Crippen LogP contribution in [0.5, 0.6) is 0 Å². The second-order valence-corrected chi connectivity index (χ2v) is 12.4. The molecule has 0 saturated carbocycles. The summed E-state index contributed by atoms with van der Waals surface area (Å²) in [6, 6.07) is 15.5. The lowest BCUT2D eigenvalue weighted by Crippen LogP contribution is -2.36. The van der Waals surface area contributed by atoms with Crippen LogP contribution < -0.4 is 5.32 Å². The molecule has 0 radical (unpaired) electrons. The number of ether oxygens (including phenoxy) is 1. The fraction of sp³-hybridized carbons (Fsp3) is 0.424. The normalized spacial score (nSPS) is 17.4. The largest absolute Gasteiger partial charge is 0.444 e. The molecule has 0 bridgehead atoms. The van der Waals surface area contributed by atoms with E-state index in [1.807, 2.05) is 33.9 Å². The molecule has 2 aromatic carbocycles. The second-order valence-electron chi connectivity index (χ2n) is 12.4. The summed E-state index contributed by atoms with van der Waals surface area (Å²) in [5, 5.41) is 3.57. The lowest BCUT2D eigenvalue weighted by Gasteiger charge is -2.27. The Hall–Kier alpha value is -3.91. The number of rotatable bonds is 5. The third kappa shape index (κ3) is 5.66. The first-order chi connectivity index (χ1) is 19.7. The van der Waals surface area contributed by atoms with E-state index in [0.717, 1.165) is 55.0 Å². The van der Waals surface area contributed by atoms with E-state index in [4.69, 9.17) is 9.72 Å². The van der Waals surface area contributed by atoms with E-state index in [-0.39, 0.29) is 12.1 Å². The van der Waals surface area contributed by atoms with Crippen LogP contribution in [0.2, 0.25) is 0 Å². The molecule has 6 rings (SSSR count). The number of imidazole rings is 2. The highest BCUT2D eigenvalue weighted by atomic mass is 16.6. The highest BCUT2D eigenvalue weighted by molar-refractivity contribution is 5.75. The molecule has 0 spiro atoms. The number of carbonyl (C=O) groups is 1. The number of aromatic amines is 2. The third-order valence-electron chi connectivity index (χ3n) is 8.20. The quantitative estimate of drug-likeness (QED) is 0.248. The van der Waals surface area contributed by atoms with Crippen LogP contribution in [-0.2, 0) is 17.6 Å². The number of benzene rings is 2. The van der Waals surface area contributed by atoms with Crippen LogP contribution in [0.3, 0.4) is 0 Å². The van der Waals surface area contributed by atoms with Crippen molar-refractivity contribution in [2.75, 3.05) is 13.6 Å². The molecule has 1 aliphatic heterocycles. The van der Waals surface area contributed by atoms with Crippen LogP contribution in [0.15, 0.2) is 48.7 Å². The van der Waals surface area contributed by atoms with Gasteiger partial charge in [0.1, 0.15) is 17.2 Å². The van der Waals surface area contributed by atoms with Gasteiger partial charge in [-0.15, -0.1) is 0 Å². The van der Waals surface area contributed by atoms with Gasteiger partial charge in [-0.25, -0.2) is 14.8 Å². The lowest BCUT2D eigenvalue weighted by molar-refractivity contribution is 0.0228. The zero-order valence-corrected chi connectivity index (χ0v) is 24.7. The summed E-state index contributed by atoms with van der Waals surface area (Å²) >= 11 is 0. The van der Waals surface area contributed by atoms with Gasteiger partial charge >= 0.3 is 6.09 Å². The van der Waals surface area contributed by atoms with Crippen molar-refractivity contribution >= 4 is 6.09 Å². The zero-order valence-electron chi connectivity index (χ0n) is 24.7. The van der Waals surface area contributed by atoms with Crippen molar-refractivity contribution in [3.8, 4) is 33.6 Å². The fourth-order valence-corrected chi connectivity index (χ4v) is 5.80. The highest BCUT2D eigenvalue weighted by Gasteiger charge is 2.26. The van der Waals surface area contributed by atoms with Crippen molar-refractivity contribution in [1.29, 1.82) is 0 Å². The molecule has 2 aliphatic rings. The summed E-state index contributed by atoms with van der Waals surface area (Å²) < 4.78 is 5.51. The van der Waals surface area contributed by atoms with Gasteiger partial charge in [-0.3, -0.25) is 0 Å². The lowest BCUT2D eigenvalue weighted by atomic mass is 9.95. The van der Waals surface area contributed by atoms with Gasteiger partial charge < -0.3 is 24.9 Å². The molecule has 3 N–H and O–H groups in total. The Bertz CT molecular complexity index is 1540. The molecule has 1 fully saturated rings. The number of hydrogen-bond acceptors (Lipinski definition) is 5. The molecule has 214 valence electrons. The number of amides is 1. The number of fused-ring (bicyclic) bond motifs is 3. The molecule has 41 heavy (non-hydrogen) atoms. The Kier molecular flexibility index (Phi) is 7.20. The smallest absolute Gasteiger partial charge is 0.410 e. The van der Waals surface area contributed by atoms with Crippen molar-refractivity contribution in [2.24, 2.45) is 0 Å². The first-order valence-electron chi connectivity index (χ1n) is 14.7. The molecule has 1 saturated heterocycles. The summed E-state index contributed by atoms with van der Waals surface area (Å²) in [7, 11) is 1.73. The topological polar surface area (TPSA) is 98.9 Å². The standard InChI is InChI=1S/C33H40N6O2/c1-20(39(5)32(40)41-33(2,3)4)30-35-19-28(37-30)22-13-11-21(12-14-22)23-15-16-25-24(18-23)8-6-9-26-29(25)38-31(36-26)27-10-7-17-34-27/h11-16,18-20,27,34H,6-10,17H2,1-5H3,(H,35,37)(H,36,38)/t20-,27-/m0/s1. The van der Waals surface area contributed by atoms with E-state index in [1.54, 1.807) is 11.9 Å². The van der Waals surface area contributed by atoms with Crippen molar-refractivity contribution in [3.05, 3.63) is 71.6 Å². The predicted molar refractivity (Wildman–Crippen MR) is 161 cm³/mol. The Morgan fingerprint density at radius 3 is 2.51 bits per heavy atom. The number of aryl methyl sites for hydroxylation is 2. The Balaban J connectivity index is 1.19. The molecule has 1 aliphatic carbocycles. The second kappa shape index (κ2) is 10.8. The summed E-state index contributed by atoms with van der Waals surface area (Å²) in [5.41, 5.74) is 8.83. The molecule has 3 heterocycles. The maximum absolute atomic E-state index is 12.5. The van der Waals surface area contributed by atoms with Gasteiger partial charge in [0.25, 0.3) is 0 Å². The van der Waals surface area contributed by atoms with Gasteiger partial charge in [-0.1, -0.05) is 42.5 Å². The highest BCUT2D eigenvalue weighted by Crippen LogP contribution is 2.36. The van der Waals surface area contributed by atoms with Crippen LogP contribution in [-0.4, -0.2) is 50.1 Å². The summed E-state index contributed by atoms with van der Waals surface area (Å²) in [4.78, 5) is 30.7. The molecular formula is C33H40N6O2. The number of nitrogens with one attached hydrogen (secondary N) is 3. The Labute approximate surface area is 242 Å². The van der Waals surface area contributed by atoms with Gasteiger partial charge in [0.15, 0.2) is 0 Å². The van der Waals surface area contributed by atoms with E-state index in [1.165, 1.54) is 34.4 Å². The van der Waals surface area contributed by atoms with E-state index >= 15 is 0 Å². The third-order valence-corrected chi connectivity index (χ3v) is 8.20. The molecule has 8 nitrogen and oxygen atoms in total. The monoisotopic (exact) mass is 552 g/mol. The first-order valence-corrected chi connectivity index (χ1v) is 14.7. The Morgan fingerprint density at radius 1 is 1.02 bits per heavy atom. The number of hydrogen-bond donors (Lipinski definition) is 3. The minimum Gasteiger partial charge on any atom is -0.444 e. The molecule has 4 aromatic rings. The average Bonchev–Trinajstić information content (AvgIpc) is 3.71. The number of aromatic nitrogens is 4. The van der Waals surface area contributed by atoms with E-state index in [0.29, 0.717) is 11.9 Å². The first kappa shape index (κ1) is 27.3. The minimum atomic E-state index is -0.545. The van der Waals surface area contributed by atoms with Crippen LogP contribution in [0.1, 0.15) is 81.9 Å². The maximum atomic E-state index is 12.5. The Morgan fingerprint density at radius 2 is 1.78 bits per heavy atom. The van der Waals surface area contributed by atoms with Crippen molar-refractivity contribution in [2.45, 2.75) is 77.5 Å². The predicted octanol–water partition coefficient (Wildman–Crippen LogP) is 6.97. The van der Waals surface area contributed by atoms with Crippen molar-refractivity contribution < 1.29 is 9.53 Å². The van der Waals surface area contributed by atoms with Crippen LogP contribution in [0.4, 0.5) is 4.79 Å². The fourth-order valence-electron chi connectivity index (χ4n) is 5.80. The number of nitrogens with zero attached hydrogens (tertiary/aromatic N) is 3. The van der Waals surface area contributed by atoms with Crippen LogP contribution in [0, 0.1) is 0 Å². The zero-order chi connectivity index (χ0) is 28.7. The van der Waals surface area contributed by atoms with Gasteiger partial charge in [0, 0.05) is 18.3 Å². The molecule has 1 amide bonds. The van der Waals surface area contributed by atoms with Crippen LogP contribution >= 0.6 is 0 Å². The van der Waals surface area contributed by atoms with E-state index < -0.39 is 5.60 Å². The summed E-state index contributed by atoms with van der Waals surface area (Å²) in [5.74, 6) is 1.81. The van der Waals surface area contributed by atoms with E-state index in [2.05, 4.69) is 62.7 Å². The van der Waals surface area contributed by atoms with Crippen molar-refractivity contribution in [1.82, 2.24) is 30.2 Å². The average molecular weight is 553 g/mol. The number of H-pyrrole nitrogens is 2. The number of carbonyl (C=O) groups excluding carboxylic acids is 1. The summed E-state index contributed by atoms with van der Waals surface area (Å²) in [6.07, 6.45) is 7.01. The SMILES string of the molecule is C[C@@H](c1ncc(-c2ccc(-c3ccc4c(c3)CCCc3[nH]c([C@@H]5CCCN5)nc3-4)cc2)[nH]1)N(C)C(=O)OC(C)(C)C. The van der Waals surface area contributed by atoms with Gasteiger partial charge in [-0.2, -0.15) is 0 Å². The molecule has 2 aromatic heterocycles. The van der Waals surface area contributed by atoms with Crippen molar-refractivity contribution in [3.63, 3.8) is 0 Å². The molecular weight excluding hydrogens is 512 g/mol. The van der Waals surface area contributed by atoms with Gasteiger partial charge in [0.2, 0.25) is 0 Å². The van der Waals surface area contributed by atoms with Crippen LogP contribution in [0.25, 0.3) is 33.6 Å². The van der Waals surface area contributed by atoms with E-state index in [9.17, 15) is 4.79 Å². The van der Waals surface area contributed by atoms with Gasteiger partial charge in [0.05, 0.1) is 29.7 Å².